The summed E-state index contributed by atoms with van der Waals surface area (Å²) in [6.07, 6.45) is 3.61. The minimum absolute atomic E-state index is 0. The second kappa shape index (κ2) is 11.6. The maximum Gasteiger partial charge on any atom is 0.191 e. The van der Waals surface area contributed by atoms with Crippen molar-refractivity contribution in [2.24, 2.45) is 10.9 Å². The highest BCUT2D eigenvalue weighted by molar-refractivity contribution is 14.0. The lowest BCUT2D eigenvalue weighted by atomic mass is 9.96. The van der Waals surface area contributed by atoms with Crippen LogP contribution in [0.2, 0.25) is 0 Å². The summed E-state index contributed by atoms with van der Waals surface area (Å²) < 4.78 is 11.3. The molecule has 2 saturated heterocycles. The van der Waals surface area contributed by atoms with E-state index in [1.165, 1.54) is 18.4 Å². The van der Waals surface area contributed by atoms with E-state index >= 15 is 0 Å². The summed E-state index contributed by atoms with van der Waals surface area (Å²) in [6, 6.07) is 11.3. The number of rotatable bonds is 8. The summed E-state index contributed by atoms with van der Waals surface area (Å²) in [6.45, 7) is 10.2. The fraction of sp³-hybridized carbons (Fsp3) is 0.696. The number of hydrogen-bond acceptors (Lipinski definition) is 4. The van der Waals surface area contributed by atoms with Gasteiger partial charge in [0.25, 0.3) is 0 Å². The first-order valence-corrected chi connectivity index (χ1v) is 11.3. The summed E-state index contributed by atoms with van der Waals surface area (Å²) in [5.74, 6) is 1.52. The van der Waals surface area contributed by atoms with Crippen LogP contribution < -0.4 is 10.6 Å². The van der Waals surface area contributed by atoms with Crippen molar-refractivity contribution >= 4 is 29.9 Å². The van der Waals surface area contributed by atoms with Crippen molar-refractivity contribution in [2.45, 2.75) is 37.6 Å². The van der Waals surface area contributed by atoms with Crippen LogP contribution in [0.25, 0.3) is 0 Å². The molecule has 2 aliphatic heterocycles. The number of aliphatic imine (C=N–C) groups is 1. The van der Waals surface area contributed by atoms with Gasteiger partial charge in [0, 0.05) is 50.2 Å². The van der Waals surface area contributed by atoms with Crippen LogP contribution in [0.4, 0.5) is 0 Å². The molecule has 1 aromatic carbocycles. The van der Waals surface area contributed by atoms with Crippen LogP contribution in [-0.2, 0) is 14.9 Å². The van der Waals surface area contributed by atoms with Gasteiger partial charge in [0.1, 0.15) is 0 Å². The fourth-order valence-electron chi connectivity index (χ4n) is 4.61. The molecule has 3 aliphatic rings. The standard InChI is InChI=1S/C23H36N4O2.HI/c1-2-24-22(26-18-23(9-10-23)20-6-4-3-5-7-20)25-16-21(19-8-13-29-17-19)27-11-14-28-15-12-27;/h3-7,19,21H,2,8-18H2,1H3,(H2,24,25,26);1H. The molecule has 1 aromatic rings. The number of hydrogen-bond donors (Lipinski definition) is 2. The van der Waals surface area contributed by atoms with Gasteiger partial charge in [0.2, 0.25) is 0 Å². The molecule has 168 valence electrons. The highest BCUT2D eigenvalue weighted by Crippen LogP contribution is 2.48. The lowest BCUT2D eigenvalue weighted by Gasteiger charge is -2.37. The van der Waals surface area contributed by atoms with Crippen LogP contribution in [0.5, 0.6) is 0 Å². The number of ether oxygens (including phenoxy) is 2. The second-order valence-electron chi connectivity index (χ2n) is 8.56. The lowest BCUT2D eigenvalue weighted by molar-refractivity contribution is 0.00246. The average Bonchev–Trinajstić information content (AvgIpc) is 3.38. The van der Waals surface area contributed by atoms with Crippen molar-refractivity contribution in [2.75, 3.05) is 59.2 Å². The average molecular weight is 528 g/mol. The van der Waals surface area contributed by atoms with E-state index in [0.29, 0.717) is 12.0 Å². The third-order valence-corrected chi connectivity index (χ3v) is 6.63. The third kappa shape index (κ3) is 6.08. The van der Waals surface area contributed by atoms with Gasteiger partial charge in [-0.3, -0.25) is 9.89 Å². The van der Waals surface area contributed by atoms with Gasteiger partial charge in [-0.05, 0) is 31.7 Å². The molecular weight excluding hydrogens is 491 g/mol. The predicted molar refractivity (Wildman–Crippen MR) is 132 cm³/mol. The van der Waals surface area contributed by atoms with E-state index in [2.05, 4.69) is 52.8 Å². The van der Waals surface area contributed by atoms with Crippen LogP contribution in [0.15, 0.2) is 35.3 Å². The van der Waals surface area contributed by atoms with Gasteiger partial charge in [-0.25, -0.2) is 0 Å². The van der Waals surface area contributed by atoms with E-state index < -0.39 is 0 Å². The maximum atomic E-state index is 5.70. The Kier molecular flexibility index (Phi) is 9.22. The Labute approximate surface area is 198 Å². The van der Waals surface area contributed by atoms with E-state index in [9.17, 15) is 0 Å². The second-order valence-corrected chi connectivity index (χ2v) is 8.56. The normalized spacial score (nSPS) is 24.7. The van der Waals surface area contributed by atoms with Crippen LogP contribution in [0.3, 0.4) is 0 Å². The Morgan fingerprint density at radius 1 is 1.13 bits per heavy atom. The highest BCUT2D eigenvalue weighted by atomic mass is 127. The molecule has 2 atom stereocenters. The summed E-state index contributed by atoms with van der Waals surface area (Å²) in [4.78, 5) is 7.56. The summed E-state index contributed by atoms with van der Waals surface area (Å²) in [5, 5.41) is 7.10. The largest absolute Gasteiger partial charge is 0.381 e. The molecule has 0 amide bonds. The number of nitrogens with one attached hydrogen (secondary N) is 2. The molecule has 0 spiro atoms. The van der Waals surface area contributed by atoms with Crippen molar-refractivity contribution in [3.05, 3.63) is 35.9 Å². The molecule has 7 heteroatoms. The minimum Gasteiger partial charge on any atom is -0.381 e. The zero-order valence-corrected chi connectivity index (χ0v) is 20.5. The minimum atomic E-state index is 0. The van der Waals surface area contributed by atoms with Crippen LogP contribution in [0.1, 0.15) is 31.7 Å². The number of guanidine groups is 1. The van der Waals surface area contributed by atoms with Crippen molar-refractivity contribution in [1.29, 1.82) is 0 Å². The highest BCUT2D eigenvalue weighted by Gasteiger charge is 2.44. The summed E-state index contributed by atoms with van der Waals surface area (Å²) >= 11 is 0. The SMILES string of the molecule is CCNC(=NCC1(c2ccccc2)CC1)NCC(C1CCOC1)N1CCOCC1.I. The van der Waals surface area contributed by atoms with Gasteiger partial charge in [-0.1, -0.05) is 30.3 Å². The van der Waals surface area contributed by atoms with Gasteiger partial charge in [-0.2, -0.15) is 0 Å². The van der Waals surface area contributed by atoms with E-state index in [1.54, 1.807) is 0 Å². The fourth-order valence-corrected chi connectivity index (χ4v) is 4.61. The zero-order chi connectivity index (χ0) is 19.9. The summed E-state index contributed by atoms with van der Waals surface area (Å²) in [7, 11) is 0. The molecule has 4 rings (SSSR count). The van der Waals surface area contributed by atoms with Gasteiger partial charge in [-0.15, -0.1) is 24.0 Å². The van der Waals surface area contributed by atoms with Crippen LogP contribution in [-0.4, -0.2) is 76.1 Å². The predicted octanol–water partition coefficient (Wildman–Crippen LogP) is 2.63. The maximum absolute atomic E-state index is 5.70. The smallest absolute Gasteiger partial charge is 0.191 e. The van der Waals surface area contributed by atoms with E-state index in [-0.39, 0.29) is 29.4 Å². The Bertz CT molecular complexity index is 656. The first kappa shape index (κ1) is 23.8. The Balaban J connectivity index is 0.00000256. The quantitative estimate of drug-likeness (QED) is 0.309. The number of morpholine rings is 1. The van der Waals surface area contributed by atoms with E-state index in [1.807, 2.05) is 0 Å². The molecular formula is C23H37IN4O2. The molecule has 1 aliphatic carbocycles. The lowest BCUT2D eigenvalue weighted by Crippen LogP contribution is -2.53. The summed E-state index contributed by atoms with van der Waals surface area (Å²) in [5.41, 5.74) is 1.67. The van der Waals surface area contributed by atoms with E-state index in [4.69, 9.17) is 14.5 Å². The molecule has 1 saturated carbocycles. The first-order valence-electron chi connectivity index (χ1n) is 11.3. The molecule has 0 aromatic heterocycles. The van der Waals surface area contributed by atoms with Gasteiger partial charge >= 0.3 is 0 Å². The molecule has 2 heterocycles. The Morgan fingerprint density at radius 2 is 1.90 bits per heavy atom. The molecule has 2 unspecified atom stereocenters. The zero-order valence-electron chi connectivity index (χ0n) is 18.1. The monoisotopic (exact) mass is 528 g/mol. The Hall–Kier alpha value is -0.900. The van der Waals surface area contributed by atoms with Crippen molar-refractivity contribution in [1.82, 2.24) is 15.5 Å². The molecule has 0 radical (unpaired) electrons. The van der Waals surface area contributed by atoms with Crippen molar-refractivity contribution in [3.8, 4) is 0 Å². The first-order chi connectivity index (χ1) is 14.3. The van der Waals surface area contributed by atoms with Crippen molar-refractivity contribution < 1.29 is 9.47 Å². The molecule has 2 N–H and O–H groups in total. The van der Waals surface area contributed by atoms with Gasteiger partial charge in [0.05, 0.1) is 26.4 Å². The van der Waals surface area contributed by atoms with Gasteiger partial charge in [0.15, 0.2) is 5.96 Å². The third-order valence-electron chi connectivity index (χ3n) is 6.63. The number of nitrogens with zero attached hydrogens (tertiary/aromatic N) is 2. The van der Waals surface area contributed by atoms with Crippen LogP contribution in [0, 0.1) is 5.92 Å². The van der Waals surface area contributed by atoms with Crippen molar-refractivity contribution in [3.63, 3.8) is 0 Å². The molecule has 6 nitrogen and oxygen atoms in total. The number of halogens is 1. The van der Waals surface area contributed by atoms with Gasteiger partial charge < -0.3 is 20.1 Å². The molecule has 30 heavy (non-hydrogen) atoms. The number of benzene rings is 1. The van der Waals surface area contributed by atoms with E-state index in [0.717, 1.165) is 71.5 Å². The molecule has 3 fully saturated rings. The van der Waals surface area contributed by atoms with Crippen LogP contribution >= 0.6 is 24.0 Å². The molecule has 0 bridgehead atoms. The Morgan fingerprint density at radius 3 is 2.53 bits per heavy atom. The topological polar surface area (TPSA) is 58.1 Å².